The SMILES string of the molecule is Cc1c(C(C)C)cc(P)cc1C(C)(C)C. The van der Waals surface area contributed by atoms with Gasteiger partial charge < -0.3 is 0 Å². The lowest BCUT2D eigenvalue weighted by atomic mass is 9.81. The first-order chi connectivity index (χ1) is 6.73. The van der Waals surface area contributed by atoms with Gasteiger partial charge >= 0.3 is 0 Å². The van der Waals surface area contributed by atoms with Gasteiger partial charge in [0.1, 0.15) is 0 Å². The van der Waals surface area contributed by atoms with Crippen molar-refractivity contribution >= 4 is 14.5 Å². The molecule has 0 aromatic heterocycles. The van der Waals surface area contributed by atoms with E-state index in [2.05, 4.69) is 62.9 Å². The summed E-state index contributed by atoms with van der Waals surface area (Å²) in [5.41, 5.74) is 4.65. The fraction of sp³-hybridized carbons (Fsp3) is 0.571. The molecule has 0 heterocycles. The highest BCUT2D eigenvalue weighted by atomic mass is 31.0. The molecule has 0 N–H and O–H groups in total. The van der Waals surface area contributed by atoms with Gasteiger partial charge in [0.2, 0.25) is 0 Å². The predicted octanol–water partition coefficient (Wildman–Crippen LogP) is 3.92. The molecular weight excluding hydrogens is 199 g/mol. The third-order valence-electron chi connectivity index (χ3n) is 2.90. The molecule has 0 fully saturated rings. The molecule has 0 nitrogen and oxygen atoms in total. The molecule has 84 valence electrons. The Morgan fingerprint density at radius 3 is 2.07 bits per heavy atom. The summed E-state index contributed by atoms with van der Waals surface area (Å²) < 4.78 is 0. The Morgan fingerprint density at radius 2 is 1.67 bits per heavy atom. The molecule has 0 radical (unpaired) electrons. The van der Waals surface area contributed by atoms with Crippen LogP contribution in [-0.4, -0.2) is 0 Å². The highest BCUT2D eigenvalue weighted by molar-refractivity contribution is 7.27. The zero-order valence-corrected chi connectivity index (χ0v) is 12.0. The fourth-order valence-electron chi connectivity index (χ4n) is 2.14. The Morgan fingerprint density at radius 1 is 1.13 bits per heavy atom. The number of benzene rings is 1. The zero-order valence-electron chi connectivity index (χ0n) is 10.8. The first kappa shape index (κ1) is 12.7. The lowest BCUT2D eigenvalue weighted by Gasteiger charge is -2.25. The summed E-state index contributed by atoms with van der Waals surface area (Å²) in [6.45, 7) is 13.6. The standard InChI is InChI=1S/C14H23P/c1-9(2)12-7-11(15)8-13(10(12)3)14(4,5)6/h7-9H,15H2,1-6H3. The van der Waals surface area contributed by atoms with Crippen LogP contribution in [-0.2, 0) is 5.41 Å². The van der Waals surface area contributed by atoms with Gasteiger partial charge in [0, 0.05) is 0 Å². The molecule has 1 unspecified atom stereocenters. The lowest BCUT2D eigenvalue weighted by Crippen LogP contribution is -2.17. The van der Waals surface area contributed by atoms with Gasteiger partial charge in [-0.15, -0.1) is 9.24 Å². The van der Waals surface area contributed by atoms with Crippen molar-refractivity contribution in [3.8, 4) is 0 Å². The van der Waals surface area contributed by atoms with Crippen molar-refractivity contribution < 1.29 is 0 Å². The van der Waals surface area contributed by atoms with E-state index in [1.165, 1.54) is 22.0 Å². The van der Waals surface area contributed by atoms with Gasteiger partial charge in [0.05, 0.1) is 0 Å². The van der Waals surface area contributed by atoms with Crippen molar-refractivity contribution in [1.29, 1.82) is 0 Å². The monoisotopic (exact) mass is 222 g/mol. The van der Waals surface area contributed by atoms with E-state index in [1.807, 2.05) is 0 Å². The van der Waals surface area contributed by atoms with Gasteiger partial charge in [0.15, 0.2) is 0 Å². The summed E-state index contributed by atoms with van der Waals surface area (Å²) in [4.78, 5) is 0. The van der Waals surface area contributed by atoms with E-state index in [1.54, 1.807) is 0 Å². The molecular formula is C14H23P. The predicted molar refractivity (Wildman–Crippen MR) is 73.3 cm³/mol. The van der Waals surface area contributed by atoms with E-state index in [9.17, 15) is 0 Å². The zero-order chi connectivity index (χ0) is 11.8. The second kappa shape index (κ2) is 4.26. The maximum atomic E-state index is 2.82. The van der Waals surface area contributed by atoms with E-state index in [0.717, 1.165) is 0 Å². The molecule has 1 atom stereocenters. The normalized spacial score (nSPS) is 12.3. The van der Waals surface area contributed by atoms with Crippen LogP contribution in [0.25, 0.3) is 0 Å². The smallest absolute Gasteiger partial charge is 0.0129 e. The van der Waals surface area contributed by atoms with Crippen molar-refractivity contribution in [3.63, 3.8) is 0 Å². The summed E-state index contributed by atoms with van der Waals surface area (Å²) in [6.07, 6.45) is 0. The maximum absolute atomic E-state index is 2.82. The fourth-order valence-corrected chi connectivity index (χ4v) is 2.48. The largest absolute Gasteiger partial charge is 0.106 e. The summed E-state index contributed by atoms with van der Waals surface area (Å²) >= 11 is 0. The highest BCUT2D eigenvalue weighted by Crippen LogP contribution is 2.30. The van der Waals surface area contributed by atoms with E-state index in [-0.39, 0.29) is 5.41 Å². The van der Waals surface area contributed by atoms with E-state index >= 15 is 0 Å². The van der Waals surface area contributed by atoms with Gasteiger partial charge in [-0.2, -0.15) is 0 Å². The quantitative estimate of drug-likeness (QED) is 0.632. The molecule has 0 aliphatic carbocycles. The molecule has 1 aromatic carbocycles. The highest BCUT2D eigenvalue weighted by Gasteiger charge is 2.19. The van der Waals surface area contributed by atoms with Gasteiger partial charge in [-0.25, -0.2) is 0 Å². The topological polar surface area (TPSA) is 0 Å². The molecule has 0 bridgehead atoms. The minimum absolute atomic E-state index is 0.236. The molecule has 0 aliphatic heterocycles. The molecule has 0 amide bonds. The molecule has 15 heavy (non-hydrogen) atoms. The summed E-state index contributed by atoms with van der Waals surface area (Å²) in [5, 5.41) is 1.30. The van der Waals surface area contributed by atoms with Crippen LogP contribution in [0.4, 0.5) is 0 Å². The van der Waals surface area contributed by atoms with Gasteiger partial charge in [-0.3, -0.25) is 0 Å². The average Bonchev–Trinajstić information content (AvgIpc) is 2.06. The van der Waals surface area contributed by atoms with Crippen molar-refractivity contribution in [1.82, 2.24) is 0 Å². The van der Waals surface area contributed by atoms with Crippen LogP contribution in [0.3, 0.4) is 0 Å². The molecule has 1 aromatic rings. The molecule has 0 spiro atoms. The van der Waals surface area contributed by atoms with Crippen LogP contribution in [0.1, 0.15) is 57.2 Å². The van der Waals surface area contributed by atoms with Crippen LogP contribution in [0.15, 0.2) is 12.1 Å². The van der Waals surface area contributed by atoms with Gasteiger partial charge in [-0.1, -0.05) is 46.8 Å². The number of hydrogen-bond donors (Lipinski definition) is 0. The second-order valence-corrected chi connectivity index (χ2v) is 6.35. The molecule has 1 heteroatoms. The number of rotatable bonds is 1. The number of hydrogen-bond acceptors (Lipinski definition) is 0. The van der Waals surface area contributed by atoms with Crippen LogP contribution in [0.5, 0.6) is 0 Å². The Bertz CT molecular complexity index is 356. The first-order valence-corrected chi connectivity index (χ1v) is 6.21. The molecule has 0 aliphatic rings. The third kappa shape index (κ3) is 2.82. The van der Waals surface area contributed by atoms with Crippen LogP contribution >= 0.6 is 9.24 Å². The van der Waals surface area contributed by atoms with Crippen molar-refractivity contribution in [3.05, 3.63) is 28.8 Å². The minimum Gasteiger partial charge on any atom is -0.106 e. The van der Waals surface area contributed by atoms with E-state index < -0.39 is 0 Å². The lowest BCUT2D eigenvalue weighted by molar-refractivity contribution is 0.584. The minimum atomic E-state index is 0.236. The van der Waals surface area contributed by atoms with Gasteiger partial charge in [0.25, 0.3) is 0 Å². The summed E-state index contributed by atoms with van der Waals surface area (Å²) in [5.74, 6) is 0.603. The van der Waals surface area contributed by atoms with E-state index in [4.69, 9.17) is 0 Å². The second-order valence-electron chi connectivity index (χ2n) is 5.69. The molecule has 0 saturated carbocycles. The van der Waals surface area contributed by atoms with E-state index in [0.29, 0.717) is 5.92 Å². The summed E-state index contributed by atoms with van der Waals surface area (Å²) in [6, 6.07) is 4.59. The van der Waals surface area contributed by atoms with Crippen molar-refractivity contribution in [2.24, 2.45) is 0 Å². The first-order valence-electron chi connectivity index (χ1n) is 5.64. The Balaban J connectivity index is 3.42. The van der Waals surface area contributed by atoms with Crippen molar-refractivity contribution in [2.45, 2.75) is 52.9 Å². The third-order valence-corrected chi connectivity index (χ3v) is 3.23. The van der Waals surface area contributed by atoms with Crippen LogP contribution in [0, 0.1) is 6.92 Å². The molecule has 1 rings (SSSR count). The van der Waals surface area contributed by atoms with Gasteiger partial charge in [-0.05, 0) is 40.3 Å². The Labute approximate surface area is 96.7 Å². The van der Waals surface area contributed by atoms with Crippen LogP contribution < -0.4 is 5.30 Å². The Kier molecular flexibility index (Phi) is 3.61. The maximum Gasteiger partial charge on any atom is -0.0129 e. The molecule has 0 saturated heterocycles. The average molecular weight is 222 g/mol. The summed E-state index contributed by atoms with van der Waals surface area (Å²) in [7, 11) is 2.82. The van der Waals surface area contributed by atoms with Crippen LogP contribution in [0.2, 0.25) is 0 Å². The van der Waals surface area contributed by atoms with Crippen molar-refractivity contribution in [2.75, 3.05) is 0 Å². The Hall–Kier alpha value is -0.350.